The molecular weight excluding hydrogens is 453 g/mol. The molecule has 3 aromatic rings. The lowest BCUT2D eigenvalue weighted by Gasteiger charge is -2.26. The number of carbonyl (C=O) groups is 1. The smallest absolute Gasteiger partial charge is 0.330 e. The summed E-state index contributed by atoms with van der Waals surface area (Å²) in [6, 6.07) is 14.9. The van der Waals surface area contributed by atoms with Gasteiger partial charge < -0.3 is 10.6 Å². The number of aromatic nitrogens is 2. The molecule has 35 heavy (non-hydrogen) atoms. The summed E-state index contributed by atoms with van der Waals surface area (Å²) < 4.78 is 14.9. The minimum absolute atomic E-state index is 0.0219. The molecule has 0 fully saturated rings. The largest absolute Gasteiger partial charge is 0.383 e. The van der Waals surface area contributed by atoms with Gasteiger partial charge in [-0.2, -0.15) is 0 Å². The van der Waals surface area contributed by atoms with Gasteiger partial charge in [-0.05, 0) is 24.1 Å². The highest BCUT2D eigenvalue weighted by molar-refractivity contribution is 6.07. The summed E-state index contributed by atoms with van der Waals surface area (Å²) in [6.07, 6.45) is 0.509. The Labute approximate surface area is 200 Å². The molecule has 1 aliphatic heterocycles. The highest BCUT2D eigenvalue weighted by Crippen LogP contribution is 2.25. The van der Waals surface area contributed by atoms with Crippen LogP contribution in [0.4, 0.5) is 15.9 Å². The van der Waals surface area contributed by atoms with Crippen molar-refractivity contribution in [3.05, 3.63) is 92.4 Å². The van der Waals surface area contributed by atoms with Crippen LogP contribution in [0, 0.1) is 5.82 Å². The van der Waals surface area contributed by atoms with Gasteiger partial charge in [0.05, 0.1) is 12.3 Å². The third-order valence-corrected chi connectivity index (χ3v) is 5.77. The van der Waals surface area contributed by atoms with E-state index in [4.69, 9.17) is 10.6 Å². The molecule has 1 aromatic heterocycles. The molecule has 0 aliphatic carbocycles. The molecule has 10 heteroatoms. The van der Waals surface area contributed by atoms with Crippen LogP contribution < -0.4 is 21.9 Å². The van der Waals surface area contributed by atoms with E-state index < -0.39 is 29.1 Å². The second-order valence-corrected chi connectivity index (χ2v) is 8.25. The topological polar surface area (TPSA) is 123 Å². The number of nitrogens with zero attached hydrogens (tertiary/aromatic N) is 3. The van der Waals surface area contributed by atoms with Crippen molar-refractivity contribution in [1.29, 1.82) is 0 Å². The van der Waals surface area contributed by atoms with E-state index >= 15 is 0 Å². The van der Waals surface area contributed by atoms with Gasteiger partial charge in [-0.15, -0.1) is 0 Å². The number of nitrogens with one attached hydrogen (secondary N) is 1. The number of carbonyl (C=O) groups excluding carboxylic acids is 1. The Balaban J connectivity index is 1.70. The number of halogens is 1. The number of amides is 1. The molecule has 2 aromatic carbocycles. The van der Waals surface area contributed by atoms with Crippen LogP contribution in [-0.4, -0.2) is 27.3 Å². The minimum atomic E-state index is -1.05. The number of nitrogens with two attached hydrogens (primary N) is 1. The molecule has 0 saturated heterocycles. The molecule has 1 atom stereocenters. The molecule has 4 rings (SSSR count). The maximum Gasteiger partial charge on any atom is 0.330 e. The number of oxime groups is 1. The summed E-state index contributed by atoms with van der Waals surface area (Å²) in [5.41, 5.74) is 6.42. The van der Waals surface area contributed by atoms with Gasteiger partial charge in [-0.1, -0.05) is 61.0 Å². The van der Waals surface area contributed by atoms with E-state index in [0.29, 0.717) is 24.2 Å². The van der Waals surface area contributed by atoms with Crippen LogP contribution >= 0.6 is 0 Å². The maximum absolute atomic E-state index is 13.7. The molecule has 0 saturated carbocycles. The Morgan fingerprint density at radius 2 is 2.00 bits per heavy atom. The number of anilines is 2. The van der Waals surface area contributed by atoms with Crippen LogP contribution in [0.3, 0.4) is 0 Å². The Hall–Kier alpha value is -4.21. The van der Waals surface area contributed by atoms with E-state index in [1.165, 1.54) is 21.6 Å². The lowest BCUT2D eigenvalue weighted by molar-refractivity contribution is -0.128. The zero-order chi connectivity index (χ0) is 24.9. The average molecular weight is 480 g/mol. The molecule has 1 aliphatic rings. The molecular formula is C25H26FN5O4. The monoisotopic (exact) mass is 479 g/mol. The molecule has 9 nitrogen and oxygen atoms in total. The molecule has 1 amide bonds. The van der Waals surface area contributed by atoms with Crippen LogP contribution in [0.25, 0.3) is 0 Å². The van der Waals surface area contributed by atoms with Crippen LogP contribution in [-0.2, 0) is 22.7 Å². The van der Waals surface area contributed by atoms with Gasteiger partial charge in [-0.25, -0.2) is 9.18 Å². The Morgan fingerprint density at radius 1 is 1.23 bits per heavy atom. The van der Waals surface area contributed by atoms with Crippen LogP contribution in [0.5, 0.6) is 0 Å². The van der Waals surface area contributed by atoms with Gasteiger partial charge in [0.15, 0.2) is 5.69 Å². The standard InChI is InChI=1S/C25H26FN5O4/c1-2-3-12-30-22(27)21(23(32)28-25(30)34)31(15-16-8-5-4-6-9-16)24(33)20-14-19(29-35-20)17-10-7-11-18(26)13-17/h4-11,13,20H,2-3,12,14-15,27H2,1H3,(H,28,32,34)/t20-/m0/s1. The number of aromatic amines is 1. The zero-order valence-corrected chi connectivity index (χ0v) is 19.2. The second kappa shape index (κ2) is 10.4. The van der Waals surface area contributed by atoms with Gasteiger partial charge in [-0.3, -0.25) is 24.0 Å². The van der Waals surface area contributed by atoms with Gasteiger partial charge >= 0.3 is 5.69 Å². The number of hydrogen-bond acceptors (Lipinski definition) is 6. The first kappa shape index (κ1) is 23.9. The summed E-state index contributed by atoms with van der Waals surface area (Å²) in [7, 11) is 0. The van der Waals surface area contributed by atoms with E-state index in [1.54, 1.807) is 12.1 Å². The number of rotatable bonds is 8. The van der Waals surface area contributed by atoms with Gasteiger partial charge in [0.25, 0.3) is 11.5 Å². The van der Waals surface area contributed by atoms with Crippen molar-refractivity contribution in [2.45, 2.75) is 45.4 Å². The Morgan fingerprint density at radius 3 is 2.71 bits per heavy atom. The van der Waals surface area contributed by atoms with Crippen molar-refractivity contribution in [3.8, 4) is 0 Å². The molecule has 0 bridgehead atoms. The third kappa shape index (κ3) is 5.16. The lowest BCUT2D eigenvalue weighted by Crippen LogP contribution is -2.44. The fourth-order valence-corrected chi connectivity index (χ4v) is 3.93. The van der Waals surface area contributed by atoms with E-state index in [2.05, 4.69) is 10.1 Å². The molecule has 3 N–H and O–H groups in total. The van der Waals surface area contributed by atoms with Crippen molar-refractivity contribution < 1.29 is 14.0 Å². The number of benzene rings is 2. The first-order chi connectivity index (χ1) is 16.9. The SMILES string of the molecule is CCCCn1c(N)c(N(Cc2ccccc2)C(=O)[C@@H]2CC(c3cccc(F)c3)=NO2)c(=O)[nH]c1=O. The van der Waals surface area contributed by atoms with Gasteiger partial charge in [0.2, 0.25) is 6.10 Å². The molecule has 0 spiro atoms. The summed E-state index contributed by atoms with van der Waals surface area (Å²) >= 11 is 0. The summed E-state index contributed by atoms with van der Waals surface area (Å²) in [5, 5.41) is 3.98. The Kier molecular flexibility index (Phi) is 7.09. The fraction of sp³-hybridized carbons (Fsp3) is 0.280. The maximum atomic E-state index is 13.7. The summed E-state index contributed by atoms with van der Waals surface area (Å²) in [4.78, 5) is 47.9. The predicted molar refractivity (Wildman–Crippen MR) is 131 cm³/mol. The number of hydrogen-bond donors (Lipinski definition) is 2. The lowest BCUT2D eigenvalue weighted by atomic mass is 10.0. The third-order valence-electron chi connectivity index (χ3n) is 5.77. The second-order valence-electron chi connectivity index (χ2n) is 8.25. The number of H-pyrrole nitrogens is 1. The molecule has 0 radical (unpaired) electrons. The molecule has 0 unspecified atom stereocenters. The van der Waals surface area contributed by atoms with Gasteiger partial charge in [0.1, 0.15) is 11.6 Å². The van der Waals surface area contributed by atoms with E-state index in [-0.39, 0.29) is 24.5 Å². The minimum Gasteiger partial charge on any atom is -0.383 e. The van der Waals surface area contributed by atoms with E-state index in [0.717, 1.165) is 12.0 Å². The van der Waals surface area contributed by atoms with E-state index in [1.807, 2.05) is 37.3 Å². The quantitative estimate of drug-likeness (QED) is 0.514. The molecule has 182 valence electrons. The first-order valence-corrected chi connectivity index (χ1v) is 11.4. The molecule has 2 heterocycles. The first-order valence-electron chi connectivity index (χ1n) is 11.4. The van der Waals surface area contributed by atoms with Crippen molar-refractivity contribution in [1.82, 2.24) is 9.55 Å². The summed E-state index contributed by atoms with van der Waals surface area (Å²) in [6.45, 7) is 2.28. The Bertz CT molecular complexity index is 1370. The van der Waals surface area contributed by atoms with Gasteiger partial charge in [0, 0.05) is 18.5 Å². The van der Waals surface area contributed by atoms with Crippen LogP contribution in [0.15, 0.2) is 69.3 Å². The number of unbranched alkanes of at least 4 members (excludes halogenated alkanes) is 1. The number of nitrogen functional groups attached to an aromatic ring is 1. The van der Waals surface area contributed by atoms with E-state index in [9.17, 15) is 18.8 Å². The van der Waals surface area contributed by atoms with Crippen LogP contribution in [0.1, 0.15) is 37.3 Å². The van der Waals surface area contributed by atoms with Crippen molar-refractivity contribution in [2.75, 3.05) is 10.6 Å². The highest BCUT2D eigenvalue weighted by Gasteiger charge is 2.35. The van der Waals surface area contributed by atoms with Crippen molar-refractivity contribution in [2.24, 2.45) is 5.16 Å². The highest BCUT2D eigenvalue weighted by atomic mass is 19.1. The van der Waals surface area contributed by atoms with Crippen molar-refractivity contribution >= 4 is 23.1 Å². The average Bonchev–Trinajstić information content (AvgIpc) is 3.34. The zero-order valence-electron chi connectivity index (χ0n) is 19.2. The van der Waals surface area contributed by atoms with Crippen molar-refractivity contribution in [3.63, 3.8) is 0 Å². The normalized spacial score (nSPS) is 14.9. The summed E-state index contributed by atoms with van der Waals surface area (Å²) in [5.74, 6) is -1.08. The predicted octanol–water partition coefficient (Wildman–Crippen LogP) is 2.78. The fourth-order valence-electron chi connectivity index (χ4n) is 3.93. The van der Waals surface area contributed by atoms with Crippen LogP contribution in [0.2, 0.25) is 0 Å².